The number of nitrogens with one attached hydrogen (secondary N) is 2. The average Bonchev–Trinajstić information content (AvgIpc) is 2.67. The van der Waals surface area contributed by atoms with Crippen LogP contribution in [0.15, 0.2) is 24.3 Å². The first-order valence-electron chi connectivity index (χ1n) is 9.68. The van der Waals surface area contributed by atoms with Gasteiger partial charge in [-0.3, -0.25) is 14.5 Å². The summed E-state index contributed by atoms with van der Waals surface area (Å²) < 4.78 is 5.41. The molecule has 2 amide bonds. The number of methoxy groups -OCH3 is 1. The van der Waals surface area contributed by atoms with Gasteiger partial charge < -0.3 is 20.5 Å². The molecule has 0 aromatic heterocycles. The lowest BCUT2D eigenvalue weighted by Crippen LogP contribution is -2.56. The minimum Gasteiger partial charge on any atom is -0.496 e. The molecule has 0 bridgehead atoms. The Morgan fingerprint density at radius 1 is 1.30 bits per heavy atom. The monoisotopic (exact) mass is 375 g/mol. The fourth-order valence-corrected chi connectivity index (χ4v) is 3.91. The Morgan fingerprint density at radius 2 is 2.04 bits per heavy atom. The fourth-order valence-electron chi connectivity index (χ4n) is 3.91. The van der Waals surface area contributed by atoms with E-state index in [4.69, 9.17) is 4.74 Å². The molecule has 2 fully saturated rings. The number of carbonyl (C=O) groups excluding carboxylic acids is 2. The van der Waals surface area contributed by atoms with Gasteiger partial charge in [0.15, 0.2) is 0 Å². The smallest absolute Gasteiger partial charge is 0.237 e. The van der Waals surface area contributed by atoms with Gasteiger partial charge in [-0.2, -0.15) is 0 Å². The number of carbonyl (C=O) groups is 2. The third-order valence-corrected chi connectivity index (χ3v) is 5.45. The topological polar surface area (TPSA) is 90.9 Å². The Hall–Kier alpha value is -2.12. The normalized spacial score (nSPS) is 26.3. The Labute approximate surface area is 160 Å². The van der Waals surface area contributed by atoms with E-state index in [2.05, 4.69) is 10.6 Å². The van der Waals surface area contributed by atoms with Crippen LogP contribution in [-0.2, 0) is 16.1 Å². The van der Waals surface area contributed by atoms with Crippen LogP contribution in [0.5, 0.6) is 5.75 Å². The lowest BCUT2D eigenvalue weighted by Gasteiger charge is -2.35. The summed E-state index contributed by atoms with van der Waals surface area (Å²) in [5, 5.41) is 15.5. The highest BCUT2D eigenvalue weighted by molar-refractivity contribution is 5.88. The second-order valence-electron chi connectivity index (χ2n) is 7.37. The molecule has 1 atom stereocenters. The van der Waals surface area contributed by atoms with Gasteiger partial charge in [0.1, 0.15) is 5.75 Å². The van der Waals surface area contributed by atoms with Crippen molar-refractivity contribution in [3.05, 3.63) is 29.8 Å². The van der Waals surface area contributed by atoms with Crippen LogP contribution in [0.4, 0.5) is 0 Å². The van der Waals surface area contributed by atoms with Crippen LogP contribution in [0.2, 0.25) is 0 Å². The van der Waals surface area contributed by atoms with Crippen LogP contribution in [0, 0.1) is 0 Å². The highest BCUT2D eigenvalue weighted by atomic mass is 16.5. The lowest BCUT2D eigenvalue weighted by molar-refractivity contribution is -0.134. The van der Waals surface area contributed by atoms with Gasteiger partial charge in [0.25, 0.3) is 0 Å². The van der Waals surface area contributed by atoms with Gasteiger partial charge in [-0.05, 0) is 31.7 Å². The average molecular weight is 375 g/mol. The molecule has 148 valence electrons. The number of hydrogen-bond acceptors (Lipinski definition) is 5. The summed E-state index contributed by atoms with van der Waals surface area (Å²) in [7, 11) is 1.63. The van der Waals surface area contributed by atoms with Gasteiger partial charge in [-0.15, -0.1) is 0 Å². The molecule has 1 aliphatic carbocycles. The number of hydrogen-bond donors (Lipinski definition) is 3. The van der Waals surface area contributed by atoms with Crippen molar-refractivity contribution in [2.45, 2.75) is 56.8 Å². The highest BCUT2D eigenvalue weighted by Gasteiger charge is 2.32. The quantitative estimate of drug-likeness (QED) is 0.684. The summed E-state index contributed by atoms with van der Waals surface area (Å²) in [5.74, 6) is 0.571. The van der Waals surface area contributed by atoms with Crippen LogP contribution in [0.3, 0.4) is 0 Å². The van der Waals surface area contributed by atoms with E-state index in [0.29, 0.717) is 19.6 Å². The second-order valence-corrected chi connectivity index (χ2v) is 7.37. The molecule has 0 radical (unpaired) electrons. The summed E-state index contributed by atoms with van der Waals surface area (Å²) in [4.78, 5) is 27.0. The standard InChI is InChI=1S/C20H29N3O4/c1-27-18-5-3-2-4-14(18)13-23-11-10-21-20(26)17(23)12-19(25)22-15-6-8-16(24)9-7-15/h2-5,15-17,24H,6-13H2,1H3,(H,21,26)(H,22,25)/t15?,16?,17-/m0/s1. The lowest BCUT2D eigenvalue weighted by atomic mass is 9.93. The molecule has 7 heteroatoms. The van der Waals surface area contributed by atoms with Crippen LogP contribution < -0.4 is 15.4 Å². The van der Waals surface area contributed by atoms with E-state index >= 15 is 0 Å². The van der Waals surface area contributed by atoms with E-state index in [1.165, 1.54) is 0 Å². The van der Waals surface area contributed by atoms with E-state index in [0.717, 1.165) is 37.0 Å². The molecule has 1 aliphatic heterocycles. The summed E-state index contributed by atoms with van der Waals surface area (Å²) in [6, 6.07) is 7.35. The summed E-state index contributed by atoms with van der Waals surface area (Å²) in [5.41, 5.74) is 1.00. The maximum absolute atomic E-state index is 12.5. The van der Waals surface area contributed by atoms with Gasteiger partial charge in [-0.1, -0.05) is 18.2 Å². The molecular weight excluding hydrogens is 346 g/mol. The Balaban J connectivity index is 1.62. The van der Waals surface area contributed by atoms with Crippen LogP contribution in [-0.4, -0.2) is 60.2 Å². The molecule has 0 spiro atoms. The van der Waals surface area contributed by atoms with Crippen LogP contribution in [0.1, 0.15) is 37.7 Å². The first-order chi connectivity index (χ1) is 13.1. The number of rotatable bonds is 6. The fraction of sp³-hybridized carbons (Fsp3) is 0.600. The summed E-state index contributed by atoms with van der Waals surface area (Å²) >= 11 is 0. The largest absolute Gasteiger partial charge is 0.496 e. The molecule has 1 heterocycles. The number of amides is 2. The van der Waals surface area contributed by atoms with Gasteiger partial charge in [0.2, 0.25) is 11.8 Å². The predicted octanol–water partition coefficient (Wildman–Crippen LogP) is 0.805. The Morgan fingerprint density at radius 3 is 2.78 bits per heavy atom. The van der Waals surface area contributed by atoms with Crippen LogP contribution in [0.25, 0.3) is 0 Å². The van der Waals surface area contributed by atoms with E-state index in [9.17, 15) is 14.7 Å². The molecule has 3 rings (SSSR count). The number of aliphatic hydroxyl groups excluding tert-OH is 1. The Kier molecular flexibility index (Phi) is 6.68. The molecule has 1 saturated heterocycles. The van der Waals surface area contributed by atoms with Crippen molar-refractivity contribution in [2.75, 3.05) is 20.2 Å². The SMILES string of the molecule is COc1ccccc1CN1CCNC(=O)[C@@H]1CC(=O)NC1CCC(O)CC1. The van der Waals surface area contributed by atoms with Gasteiger partial charge >= 0.3 is 0 Å². The van der Waals surface area contributed by atoms with E-state index in [-0.39, 0.29) is 30.4 Å². The summed E-state index contributed by atoms with van der Waals surface area (Å²) in [6.07, 6.45) is 2.89. The number of nitrogens with zero attached hydrogens (tertiary/aromatic N) is 1. The number of benzene rings is 1. The number of para-hydroxylation sites is 1. The molecule has 1 saturated carbocycles. The molecule has 0 unspecified atom stereocenters. The number of piperazine rings is 1. The predicted molar refractivity (Wildman–Crippen MR) is 101 cm³/mol. The zero-order valence-corrected chi connectivity index (χ0v) is 15.8. The van der Waals surface area contributed by atoms with E-state index in [1.807, 2.05) is 29.2 Å². The third kappa shape index (κ3) is 5.20. The zero-order chi connectivity index (χ0) is 19.2. The molecule has 1 aromatic rings. The zero-order valence-electron chi connectivity index (χ0n) is 15.8. The maximum Gasteiger partial charge on any atom is 0.237 e. The number of aliphatic hydroxyl groups is 1. The first-order valence-corrected chi connectivity index (χ1v) is 9.68. The molecule has 7 nitrogen and oxygen atoms in total. The minimum absolute atomic E-state index is 0.0928. The van der Waals surface area contributed by atoms with Crippen molar-refractivity contribution in [1.29, 1.82) is 0 Å². The van der Waals surface area contributed by atoms with E-state index in [1.54, 1.807) is 7.11 Å². The second kappa shape index (κ2) is 9.19. The number of ether oxygens (including phenoxy) is 1. The molecule has 2 aliphatic rings. The first kappa shape index (κ1) is 19.6. The minimum atomic E-state index is -0.488. The molecule has 27 heavy (non-hydrogen) atoms. The molecule has 3 N–H and O–H groups in total. The van der Waals surface area contributed by atoms with Gasteiger partial charge in [-0.25, -0.2) is 0 Å². The van der Waals surface area contributed by atoms with Crippen molar-refractivity contribution >= 4 is 11.8 Å². The van der Waals surface area contributed by atoms with Gasteiger partial charge in [0.05, 0.1) is 25.7 Å². The molecular formula is C20H29N3O4. The maximum atomic E-state index is 12.5. The van der Waals surface area contributed by atoms with Crippen molar-refractivity contribution < 1.29 is 19.4 Å². The summed E-state index contributed by atoms with van der Waals surface area (Å²) in [6.45, 7) is 1.83. The highest BCUT2D eigenvalue weighted by Crippen LogP contribution is 2.22. The van der Waals surface area contributed by atoms with Crippen molar-refractivity contribution in [1.82, 2.24) is 15.5 Å². The van der Waals surface area contributed by atoms with Crippen LogP contribution >= 0.6 is 0 Å². The van der Waals surface area contributed by atoms with Crippen molar-refractivity contribution in [3.63, 3.8) is 0 Å². The van der Waals surface area contributed by atoms with E-state index < -0.39 is 6.04 Å². The van der Waals surface area contributed by atoms with Crippen molar-refractivity contribution in [3.8, 4) is 5.75 Å². The van der Waals surface area contributed by atoms with Crippen molar-refractivity contribution in [2.24, 2.45) is 0 Å². The third-order valence-electron chi connectivity index (χ3n) is 5.45. The Bertz CT molecular complexity index is 658. The van der Waals surface area contributed by atoms with Gasteiger partial charge in [0, 0.05) is 31.2 Å². The molecule has 1 aromatic carbocycles.